The molecule has 0 aliphatic rings. The maximum absolute atomic E-state index is 2.36. The quantitative estimate of drug-likeness (QED) is 0.490. The van der Waals surface area contributed by atoms with Crippen molar-refractivity contribution in [1.29, 1.82) is 0 Å². The van der Waals surface area contributed by atoms with Gasteiger partial charge in [-0.25, -0.2) is 0 Å². The smallest absolute Gasteiger partial charge is 0.0182 e. The molecule has 0 heterocycles. The minimum Gasteiger partial charge on any atom is -0.0654 e. The minimum absolute atomic E-state index is 0.559. The fourth-order valence-corrected chi connectivity index (χ4v) is 2.71. The summed E-state index contributed by atoms with van der Waals surface area (Å²) in [4.78, 5) is 0. The van der Waals surface area contributed by atoms with Crippen molar-refractivity contribution >= 4 is 0 Å². The zero-order valence-corrected chi connectivity index (χ0v) is 10.9. The first kappa shape index (κ1) is 14.0. The highest BCUT2D eigenvalue weighted by Crippen LogP contribution is 2.44. The summed E-state index contributed by atoms with van der Waals surface area (Å²) in [7, 11) is 0. The number of hydrogen-bond acceptors (Lipinski definition) is 0. The molecular weight excluding hydrogens is 168 g/mol. The molecule has 0 bridgehead atoms. The molecule has 0 heteroatoms. The predicted molar refractivity (Wildman–Crippen MR) is 66.4 cm³/mol. The zero-order chi connectivity index (χ0) is 11.0. The van der Waals surface area contributed by atoms with Gasteiger partial charge in [0.2, 0.25) is 0 Å². The highest BCUT2D eigenvalue weighted by atomic mass is 14.4. The summed E-state index contributed by atoms with van der Waals surface area (Å²) in [6.45, 7) is 11.7. The van der Waals surface area contributed by atoms with Crippen LogP contribution in [-0.2, 0) is 0 Å². The van der Waals surface area contributed by atoms with Crippen molar-refractivity contribution in [1.82, 2.24) is 0 Å². The van der Waals surface area contributed by atoms with E-state index in [4.69, 9.17) is 0 Å². The standard InChI is InChI=1S/C14H29/c1-6-11-12-13(7-2)14(8-3,9-4)10-5/h6-12H2,1-5H3. The van der Waals surface area contributed by atoms with Gasteiger partial charge >= 0.3 is 0 Å². The first-order chi connectivity index (χ1) is 6.70. The largest absolute Gasteiger partial charge is 0.0654 e. The van der Waals surface area contributed by atoms with E-state index in [1.54, 1.807) is 0 Å². The van der Waals surface area contributed by atoms with Gasteiger partial charge in [-0.05, 0) is 43.4 Å². The van der Waals surface area contributed by atoms with Crippen LogP contribution in [0.4, 0.5) is 0 Å². The lowest BCUT2D eigenvalue weighted by Gasteiger charge is -2.38. The van der Waals surface area contributed by atoms with E-state index in [2.05, 4.69) is 34.6 Å². The average molecular weight is 197 g/mol. The Morgan fingerprint density at radius 1 is 0.857 bits per heavy atom. The lowest BCUT2D eigenvalue weighted by atomic mass is 9.66. The number of hydrogen-bond donors (Lipinski definition) is 0. The summed E-state index contributed by atoms with van der Waals surface area (Å²) in [5, 5.41) is 0. The van der Waals surface area contributed by atoms with Crippen LogP contribution in [0.1, 0.15) is 79.6 Å². The molecule has 0 unspecified atom stereocenters. The highest BCUT2D eigenvalue weighted by molar-refractivity contribution is 5.04. The molecule has 0 saturated carbocycles. The van der Waals surface area contributed by atoms with Gasteiger partial charge in [-0.15, -0.1) is 0 Å². The molecule has 0 saturated heterocycles. The van der Waals surface area contributed by atoms with Gasteiger partial charge in [-0.1, -0.05) is 47.5 Å². The van der Waals surface area contributed by atoms with Crippen LogP contribution in [0.25, 0.3) is 0 Å². The summed E-state index contributed by atoms with van der Waals surface area (Å²) in [6.07, 6.45) is 9.34. The van der Waals surface area contributed by atoms with E-state index >= 15 is 0 Å². The van der Waals surface area contributed by atoms with E-state index in [0.29, 0.717) is 5.41 Å². The van der Waals surface area contributed by atoms with Crippen molar-refractivity contribution in [3.63, 3.8) is 0 Å². The van der Waals surface area contributed by atoms with E-state index < -0.39 is 0 Å². The molecule has 14 heavy (non-hydrogen) atoms. The molecule has 0 aliphatic carbocycles. The van der Waals surface area contributed by atoms with Crippen molar-refractivity contribution in [2.45, 2.75) is 79.6 Å². The highest BCUT2D eigenvalue weighted by Gasteiger charge is 2.32. The molecule has 0 spiro atoms. The van der Waals surface area contributed by atoms with Crippen LogP contribution in [-0.4, -0.2) is 0 Å². The van der Waals surface area contributed by atoms with Gasteiger partial charge in [0.15, 0.2) is 0 Å². The van der Waals surface area contributed by atoms with Gasteiger partial charge in [0.25, 0.3) is 0 Å². The SMILES string of the molecule is CCCC[C](CC)C(CC)(CC)CC. The first-order valence-electron chi connectivity index (χ1n) is 6.55. The Morgan fingerprint density at radius 2 is 1.36 bits per heavy atom. The van der Waals surface area contributed by atoms with Crippen LogP contribution in [0.5, 0.6) is 0 Å². The third-order valence-corrected chi connectivity index (χ3v) is 4.04. The van der Waals surface area contributed by atoms with Crippen molar-refractivity contribution in [2.75, 3.05) is 0 Å². The third kappa shape index (κ3) is 3.29. The maximum Gasteiger partial charge on any atom is -0.0182 e. The van der Waals surface area contributed by atoms with E-state index in [1.165, 1.54) is 44.9 Å². The fourth-order valence-electron chi connectivity index (χ4n) is 2.71. The molecule has 1 radical (unpaired) electrons. The molecule has 0 aromatic rings. The lowest BCUT2D eigenvalue weighted by Crippen LogP contribution is -2.26. The number of unbranched alkanes of at least 4 members (excludes halogenated alkanes) is 1. The zero-order valence-electron chi connectivity index (χ0n) is 10.9. The van der Waals surface area contributed by atoms with Crippen LogP contribution >= 0.6 is 0 Å². The van der Waals surface area contributed by atoms with Crippen LogP contribution in [0.3, 0.4) is 0 Å². The van der Waals surface area contributed by atoms with Crippen LogP contribution in [0.2, 0.25) is 0 Å². The summed E-state index contributed by atoms with van der Waals surface area (Å²) >= 11 is 0. The van der Waals surface area contributed by atoms with Crippen LogP contribution in [0.15, 0.2) is 0 Å². The third-order valence-electron chi connectivity index (χ3n) is 4.04. The topological polar surface area (TPSA) is 0 Å². The first-order valence-corrected chi connectivity index (χ1v) is 6.55. The second-order valence-corrected chi connectivity index (χ2v) is 4.40. The van der Waals surface area contributed by atoms with E-state index in [9.17, 15) is 0 Å². The second-order valence-electron chi connectivity index (χ2n) is 4.40. The van der Waals surface area contributed by atoms with Gasteiger partial charge in [-0.2, -0.15) is 0 Å². The lowest BCUT2D eigenvalue weighted by molar-refractivity contribution is 0.244. The normalized spacial score (nSPS) is 12.4. The predicted octanol–water partition coefficient (Wildman–Crippen LogP) is 5.38. The van der Waals surface area contributed by atoms with Gasteiger partial charge < -0.3 is 0 Å². The second kappa shape index (κ2) is 7.31. The Bertz CT molecular complexity index is 114. The molecule has 85 valence electrons. The summed E-state index contributed by atoms with van der Waals surface area (Å²) in [5.74, 6) is 1.83. The van der Waals surface area contributed by atoms with Gasteiger partial charge in [0, 0.05) is 0 Å². The molecule has 0 atom stereocenters. The van der Waals surface area contributed by atoms with Crippen molar-refractivity contribution in [2.24, 2.45) is 5.41 Å². The Balaban J connectivity index is 4.40. The molecule has 0 aliphatic heterocycles. The fraction of sp³-hybridized carbons (Fsp3) is 0.929. The Hall–Kier alpha value is 0. The average Bonchev–Trinajstić information content (AvgIpc) is 2.25. The molecule has 0 amide bonds. The summed E-state index contributed by atoms with van der Waals surface area (Å²) in [6, 6.07) is 0. The molecule has 0 rings (SSSR count). The van der Waals surface area contributed by atoms with Crippen molar-refractivity contribution < 1.29 is 0 Å². The Labute approximate surface area is 91.5 Å². The minimum atomic E-state index is 0.559. The van der Waals surface area contributed by atoms with Crippen LogP contribution < -0.4 is 0 Å². The van der Waals surface area contributed by atoms with E-state index in [1.807, 2.05) is 5.92 Å². The van der Waals surface area contributed by atoms with Gasteiger partial charge in [0.1, 0.15) is 0 Å². The Morgan fingerprint density at radius 3 is 1.64 bits per heavy atom. The molecular formula is C14H29. The van der Waals surface area contributed by atoms with Gasteiger partial charge in [0.05, 0.1) is 0 Å². The Kier molecular flexibility index (Phi) is 7.31. The molecule has 0 N–H and O–H groups in total. The molecule has 0 fully saturated rings. The summed E-state index contributed by atoms with van der Waals surface area (Å²) < 4.78 is 0. The summed E-state index contributed by atoms with van der Waals surface area (Å²) in [5.41, 5.74) is 0.559. The van der Waals surface area contributed by atoms with Crippen molar-refractivity contribution in [3.8, 4) is 0 Å². The maximum atomic E-state index is 2.36. The molecule has 0 nitrogen and oxygen atoms in total. The van der Waals surface area contributed by atoms with E-state index in [-0.39, 0.29) is 0 Å². The van der Waals surface area contributed by atoms with Crippen molar-refractivity contribution in [3.05, 3.63) is 5.92 Å². The van der Waals surface area contributed by atoms with E-state index in [0.717, 1.165) is 0 Å². The molecule has 0 aromatic heterocycles. The number of rotatable bonds is 8. The van der Waals surface area contributed by atoms with Crippen LogP contribution in [0, 0.1) is 11.3 Å². The van der Waals surface area contributed by atoms with Gasteiger partial charge in [-0.3, -0.25) is 0 Å². The molecule has 0 aromatic carbocycles. The monoisotopic (exact) mass is 197 g/mol.